The maximum Gasteiger partial charge on any atom is 0.416 e. The fourth-order valence-electron chi connectivity index (χ4n) is 4.07. The molecular formula is C30H34F3N3O4S. The molecule has 0 bridgehead atoms. The van der Waals surface area contributed by atoms with Crippen LogP contribution in [0.1, 0.15) is 42.5 Å². The lowest BCUT2D eigenvalue weighted by atomic mass is 10.1. The molecule has 0 saturated carbocycles. The smallest absolute Gasteiger partial charge is 0.354 e. The van der Waals surface area contributed by atoms with E-state index in [9.17, 15) is 31.2 Å². The Kier molecular flexibility index (Phi) is 10.2. The van der Waals surface area contributed by atoms with Crippen molar-refractivity contribution >= 4 is 27.5 Å². The number of halogens is 3. The van der Waals surface area contributed by atoms with Crippen LogP contribution in [-0.2, 0) is 32.3 Å². The van der Waals surface area contributed by atoms with Crippen molar-refractivity contribution in [2.24, 2.45) is 0 Å². The highest BCUT2D eigenvalue weighted by Crippen LogP contribution is 2.33. The third kappa shape index (κ3) is 8.09. The number of anilines is 1. The Morgan fingerprint density at radius 2 is 1.51 bits per heavy atom. The van der Waals surface area contributed by atoms with Crippen LogP contribution in [0.25, 0.3) is 0 Å². The summed E-state index contributed by atoms with van der Waals surface area (Å²) >= 11 is 0. The summed E-state index contributed by atoms with van der Waals surface area (Å²) in [5, 5.41) is 2.74. The van der Waals surface area contributed by atoms with Gasteiger partial charge in [-0.05, 0) is 63.1 Å². The molecule has 0 aliphatic heterocycles. The molecule has 220 valence electrons. The Morgan fingerprint density at radius 1 is 0.927 bits per heavy atom. The van der Waals surface area contributed by atoms with Gasteiger partial charge < -0.3 is 10.2 Å². The van der Waals surface area contributed by atoms with E-state index >= 15 is 0 Å². The predicted octanol–water partition coefficient (Wildman–Crippen LogP) is 5.46. The summed E-state index contributed by atoms with van der Waals surface area (Å²) < 4.78 is 69.0. The van der Waals surface area contributed by atoms with Crippen molar-refractivity contribution in [3.63, 3.8) is 0 Å². The number of rotatable bonds is 11. The van der Waals surface area contributed by atoms with E-state index in [0.717, 1.165) is 23.3 Å². The van der Waals surface area contributed by atoms with Gasteiger partial charge in [0, 0.05) is 13.1 Å². The topological polar surface area (TPSA) is 86.8 Å². The van der Waals surface area contributed by atoms with Crippen LogP contribution in [0.3, 0.4) is 0 Å². The molecule has 0 fully saturated rings. The number of aryl methyl sites for hydroxylation is 2. The fraction of sp³-hybridized carbons (Fsp3) is 0.333. The molecule has 11 heteroatoms. The average Bonchev–Trinajstić information content (AvgIpc) is 2.93. The molecule has 1 N–H and O–H groups in total. The van der Waals surface area contributed by atoms with Gasteiger partial charge in [0.2, 0.25) is 11.8 Å². The maximum absolute atomic E-state index is 13.8. The van der Waals surface area contributed by atoms with Crippen molar-refractivity contribution < 1.29 is 31.2 Å². The Morgan fingerprint density at radius 3 is 2.07 bits per heavy atom. The SMILES string of the molecule is CCCNC(=O)C(C)N(Cc1ccc(C)cc1)C(=O)CN(c1cccc(C(F)(F)F)c1)S(=O)(=O)c1ccc(C)cc1. The Labute approximate surface area is 239 Å². The van der Waals surface area contributed by atoms with E-state index in [-0.39, 0.29) is 17.1 Å². The lowest BCUT2D eigenvalue weighted by Crippen LogP contribution is -2.51. The van der Waals surface area contributed by atoms with Crippen LogP contribution in [0.15, 0.2) is 77.7 Å². The summed E-state index contributed by atoms with van der Waals surface area (Å²) in [5.74, 6) is -1.18. The van der Waals surface area contributed by atoms with E-state index in [2.05, 4.69) is 5.32 Å². The van der Waals surface area contributed by atoms with Crippen molar-refractivity contribution in [1.82, 2.24) is 10.2 Å². The molecule has 2 amide bonds. The molecule has 0 radical (unpaired) electrons. The molecule has 0 aromatic heterocycles. The van der Waals surface area contributed by atoms with Gasteiger partial charge in [-0.3, -0.25) is 13.9 Å². The van der Waals surface area contributed by atoms with Gasteiger partial charge >= 0.3 is 6.18 Å². The van der Waals surface area contributed by atoms with Crippen LogP contribution < -0.4 is 9.62 Å². The normalized spacial score (nSPS) is 12.5. The van der Waals surface area contributed by atoms with Crippen LogP contribution >= 0.6 is 0 Å². The summed E-state index contributed by atoms with van der Waals surface area (Å²) in [7, 11) is -4.48. The van der Waals surface area contributed by atoms with Crippen molar-refractivity contribution in [3.05, 3.63) is 95.1 Å². The van der Waals surface area contributed by atoms with E-state index in [4.69, 9.17) is 0 Å². The highest BCUT2D eigenvalue weighted by Gasteiger charge is 2.35. The second-order valence-electron chi connectivity index (χ2n) is 9.85. The van der Waals surface area contributed by atoms with Crippen LogP contribution in [0.2, 0.25) is 0 Å². The largest absolute Gasteiger partial charge is 0.416 e. The van der Waals surface area contributed by atoms with Crippen molar-refractivity contribution in [2.45, 2.75) is 57.8 Å². The molecule has 41 heavy (non-hydrogen) atoms. The van der Waals surface area contributed by atoms with Crippen LogP contribution in [0.5, 0.6) is 0 Å². The van der Waals surface area contributed by atoms with E-state index in [1.807, 2.05) is 26.0 Å². The lowest BCUT2D eigenvalue weighted by molar-refractivity contribution is -0.139. The Bertz CT molecular complexity index is 1460. The van der Waals surface area contributed by atoms with Gasteiger partial charge in [-0.2, -0.15) is 13.2 Å². The number of nitrogens with zero attached hydrogens (tertiary/aromatic N) is 2. The summed E-state index contributed by atoms with van der Waals surface area (Å²) in [5.41, 5.74) is 1.08. The first-order valence-electron chi connectivity index (χ1n) is 13.1. The van der Waals surface area contributed by atoms with Gasteiger partial charge in [0.05, 0.1) is 16.1 Å². The second-order valence-corrected chi connectivity index (χ2v) is 11.7. The zero-order valence-corrected chi connectivity index (χ0v) is 24.2. The Hall–Kier alpha value is -3.86. The molecule has 1 unspecified atom stereocenters. The minimum Gasteiger partial charge on any atom is -0.354 e. The maximum atomic E-state index is 13.8. The van der Waals surface area contributed by atoms with Gasteiger partial charge in [0.1, 0.15) is 12.6 Å². The number of hydrogen-bond acceptors (Lipinski definition) is 4. The van der Waals surface area contributed by atoms with Gasteiger partial charge in [-0.1, -0.05) is 60.5 Å². The molecule has 0 saturated heterocycles. The third-order valence-corrected chi connectivity index (χ3v) is 8.33. The molecule has 0 spiro atoms. The summed E-state index contributed by atoms with van der Waals surface area (Å²) in [6.45, 7) is 6.61. The number of alkyl halides is 3. The summed E-state index contributed by atoms with van der Waals surface area (Å²) in [4.78, 5) is 27.8. The van der Waals surface area contributed by atoms with Crippen molar-refractivity contribution in [3.8, 4) is 0 Å². The first kappa shape index (κ1) is 31.7. The molecule has 3 aromatic carbocycles. The van der Waals surface area contributed by atoms with Crippen LogP contribution in [0, 0.1) is 13.8 Å². The first-order valence-corrected chi connectivity index (χ1v) is 14.6. The zero-order valence-electron chi connectivity index (χ0n) is 23.4. The van der Waals surface area contributed by atoms with Crippen molar-refractivity contribution in [2.75, 3.05) is 17.4 Å². The number of nitrogens with one attached hydrogen (secondary N) is 1. The van der Waals surface area contributed by atoms with E-state index in [0.29, 0.717) is 28.9 Å². The quantitative estimate of drug-likeness (QED) is 0.322. The van der Waals surface area contributed by atoms with Gasteiger partial charge in [-0.15, -0.1) is 0 Å². The monoisotopic (exact) mass is 589 g/mol. The van der Waals surface area contributed by atoms with Gasteiger partial charge in [0.25, 0.3) is 10.0 Å². The Balaban J connectivity index is 2.07. The lowest BCUT2D eigenvalue weighted by Gasteiger charge is -2.32. The summed E-state index contributed by atoms with van der Waals surface area (Å²) in [6, 6.07) is 15.9. The number of amides is 2. The predicted molar refractivity (Wildman–Crippen MR) is 152 cm³/mol. The van der Waals surface area contributed by atoms with Crippen LogP contribution in [-0.4, -0.2) is 44.3 Å². The second kappa shape index (κ2) is 13.2. The number of sulfonamides is 1. The van der Waals surface area contributed by atoms with E-state index in [1.54, 1.807) is 31.2 Å². The molecular weight excluding hydrogens is 555 g/mol. The molecule has 3 rings (SSSR count). The number of hydrogen-bond donors (Lipinski definition) is 1. The van der Waals surface area contributed by atoms with Crippen LogP contribution in [0.4, 0.5) is 18.9 Å². The molecule has 7 nitrogen and oxygen atoms in total. The summed E-state index contributed by atoms with van der Waals surface area (Å²) in [6.07, 6.45) is -4.06. The van der Waals surface area contributed by atoms with Gasteiger partial charge in [-0.25, -0.2) is 8.42 Å². The minimum atomic E-state index is -4.73. The van der Waals surface area contributed by atoms with Gasteiger partial charge in [0.15, 0.2) is 0 Å². The van der Waals surface area contributed by atoms with E-state index in [1.165, 1.54) is 30.0 Å². The fourth-order valence-corrected chi connectivity index (χ4v) is 5.48. The third-order valence-electron chi connectivity index (χ3n) is 6.54. The number of benzene rings is 3. The first-order chi connectivity index (χ1) is 19.2. The molecule has 0 aliphatic carbocycles. The minimum absolute atomic E-state index is 0.0131. The molecule has 0 heterocycles. The standard InChI is InChI=1S/C30H34F3N3O4S/c1-5-17-34-29(38)23(4)35(19-24-13-9-21(2)10-14-24)28(37)20-36(26-8-6-7-25(18-26)30(31,32)33)41(39,40)27-15-11-22(3)12-16-27/h6-16,18,23H,5,17,19-20H2,1-4H3,(H,34,38). The number of carbonyl (C=O) groups excluding carboxylic acids is 2. The molecule has 3 aromatic rings. The highest BCUT2D eigenvalue weighted by atomic mass is 32.2. The number of carbonyl (C=O) groups is 2. The molecule has 0 aliphatic rings. The highest BCUT2D eigenvalue weighted by molar-refractivity contribution is 7.92. The molecule has 1 atom stereocenters. The average molecular weight is 590 g/mol. The zero-order chi connectivity index (χ0) is 30.4. The van der Waals surface area contributed by atoms with E-state index < -0.39 is 46.2 Å². The van der Waals surface area contributed by atoms with Crippen molar-refractivity contribution in [1.29, 1.82) is 0 Å².